The highest BCUT2D eigenvalue weighted by atomic mass is 32.1. The van der Waals surface area contributed by atoms with Gasteiger partial charge in [0.15, 0.2) is 0 Å². The van der Waals surface area contributed by atoms with Crippen molar-refractivity contribution in [2.75, 3.05) is 6.54 Å². The van der Waals surface area contributed by atoms with Crippen LogP contribution in [0, 0.1) is 0 Å². The van der Waals surface area contributed by atoms with Crippen molar-refractivity contribution in [3.63, 3.8) is 0 Å². The molecule has 2 N–H and O–H groups in total. The van der Waals surface area contributed by atoms with E-state index >= 15 is 0 Å². The van der Waals surface area contributed by atoms with Gasteiger partial charge in [0.25, 0.3) is 5.91 Å². The van der Waals surface area contributed by atoms with Crippen LogP contribution in [-0.4, -0.2) is 22.4 Å². The second kappa shape index (κ2) is 5.57. The van der Waals surface area contributed by atoms with Crippen LogP contribution in [0.1, 0.15) is 38.8 Å². The zero-order chi connectivity index (χ0) is 13.1. The van der Waals surface area contributed by atoms with E-state index in [9.17, 15) is 4.79 Å². The minimum Gasteiger partial charge on any atom is -0.351 e. The third-order valence-corrected chi connectivity index (χ3v) is 4.66. The first-order valence-corrected chi connectivity index (χ1v) is 7.52. The van der Waals surface area contributed by atoms with Crippen LogP contribution in [0.5, 0.6) is 0 Å². The number of hydrogen-bond acceptors (Lipinski definition) is 3. The maximum Gasteiger partial charge on any atom is 0.261 e. The summed E-state index contributed by atoms with van der Waals surface area (Å²) in [6.07, 6.45) is 9.04. The highest BCUT2D eigenvalue weighted by Crippen LogP contribution is 2.29. The Kier molecular flexibility index (Phi) is 3.64. The number of carbonyl (C=O) groups excluding carboxylic acids is 1. The lowest BCUT2D eigenvalue weighted by Gasteiger charge is -2.08. The van der Waals surface area contributed by atoms with Crippen LogP contribution in [0.2, 0.25) is 0 Å². The number of aryl methyl sites for hydroxylation is 2. The van der Waals surface area contributed by atoms with E-state index in [4.69, 9.17) is 0 Å². The van der Waals surface area contributed by atoms with Gasteiger partial charge in [-0.2, -0.15) is 0 Å². The molecule has 0 unspecified atom stereocenters. The summed E-state index contributed by atoms with van der Waals surface area (Å²) in [6.45, 7) is 0.620. The van der Waals surface area contributed by atoms with Crippen molar-refractivity contribution in [2.24, 2.45) is 0 Å². The number of thiophene rings is 1. The average molecular weight is 275 g/mol. The van der Waals surface area contributed by atoms with Crippen LogP contribution in [0.3, 0.4) is 0 Å². The van der Waals surface area contributed by atoms with Gasteiger partial charge < -0.3 is 10.3 Å². The first kappa shape index (κ1) is 12.4. The molecule has 0 saturated carbocycles. The minimum atomic E-state index is 0.0472. The number of aromatic amines is 1. The number of amides is 1. The molecule has 0 fully saturated rings. The number of imidazole rings is 1. The van der Waals surface area contributed by atoms with Gasteiger partial charge in [-0.25, -0.2) is 4.98 Å². The van der Waals surface area contributed by atoms with Crippen LogP contribution < -0.4 is 5.32 Å². The SMILES string of the molecule is O=C(NCCc1ncc[nH]1)c1cc2c(s1)CCCC2. The lowest BCUT2D eigenvalue weighted by Crippen LogP contribution is -2.25. The van der Waals surface area contributed by atoms with Gasteiger partial charge in [-0.15, -0.1) is 11.3 Å². The van der Waals surface area contributed by atoms with Gasteiger partial charge in [0.2, 0.25) is 0 Å². The number of nitrogens with zero attached hydrogens (tertiary/aromatic N) is 1. The van der Waals surface area contributed by atoms with Crippen molar-refractivity contribution in [3.8, 4) is 0 Å². The molecule has 100 valence electrons. The lowest BCUT2D eigenvalue weighted by molar-refractivity contribution is 0.0958. The summed E-state index contributed by atoms with van der Waals surface area (Å²) >= 11 is 1.66. The highest BCUT2D eigenvalue weighted by Gasteiger charge is 2.16. The van der Waals surface area contributed by atoms with E-state index in [1.165, 1.54) is 23.3 Å². The van der Waals surface area contributed by atoms with Crippen molar-refractivity contribution in [2.45, 2.75) is 32.1 Å². The van der Waals surface area contributed by atoms with Gasteiger partial charge in [-0.05, 0) is 37.3 Å². The molecule has 2 heterocycles. The van der Waals surface area contributed by atoms with Crippen molar-refractivity contribution in [1.29, 1.82) is 0 Å². The standard InChI is InChI=1S/C14H17N3OS/c18-14(17-6-5-13-15-7-8-16-13)12-9-10-3-1-2-4-11(10)19-12/h7-9H,1-6H2,(H,15,16)(H,17,18). The Balaban J connectivity index is 1.56. The van der Waals surface area contributed by atoms with Crippen molar-refractivity contribution >= 4 is 17.2 Å². The van der Waals surface area contributed by atoms with E-state index in [1.807, 2.05) is 0 Å². The molecule has 0 aliphatic heterocycles. The molecular formula is C14H17N3OS. The van der Waals surface area contributed by atoms with Crippen molar-refractivity contribution < 1.29 is 4.79 Å². The van der Waals surface area contributed by atoms with Crippen LogP contribution in [0.25, 0.3) is 0 Å². The fraction of sp³-hybridized carbons (Fsp3) is 0.429. The molecule has 2 aromatic heterocycles. The summed E-state index contributed by atoms with van der Waals surface area (Å²) in [7, 11) is 0. The molecule has 19 heavy (non-hydrogen) atoms. The van der Waals surface area contributed by atoms with E-state index < -0.39 is 0 Å². The fourth-order valence-corrected chi connectivity index (χ4v) is 3.59. The number of carbonyl (C=O) groups is 1. The minimum absolute atomic E-state index is 0.0472. The third-order valence-electron chi connectivity index (χ3n) is 3.42. The van der Waals surface area contributed by atoms with Gasteiger partial charge in [0.05, 0.1) is 4.88 Å². The average Bonchev–Trinajstić information content (AvgIpc) is 3.07. The Hall–Kier alpha value is -1.62. The van der Waals surface area contributed by atoms with Crippen LogP contribution in [0.4, 0.5) is 0 Å². The normalized spacial score (nSPS) is 14.1. The number of rotatable bonds is 4. The molecule has 0 aromatic carbocycles. The van der Waals surface area contributed by atoms with Gasteiger partial charge in [-0.3, -0.25) is 4.79 Å². The molecule has 0 saturated heterocycles. The zero-order valence-corrected chi connectivity index (χ0v) is 11.6. The van der Waals surface area contributed by atoms with Gasteiger partial charge >= 0.3 is 0 Å². The maximum absolute atomic E-state index is 12.1. The molecule has 1 aliphatic carbocycles. The Labute approximate surface area is 116 Å². The molecule has 0 atom stereocenters. The number of nitrogens with one attached hydrogen (secondary N) is 2. The van der Waals surface area contributed by atoms with Gasteiger partial charge in [0.1, 0.15) is 5.82 Å². The Morgan fingerprint density at radius 1 is 1.42 bits per heavy atom. The molecule has 5 heteroatoms. The molecular weight excluding hydrogens is 258 g/mol. The number of fused-ring (bicyclic) bond motifs is 1. The van der Waals surface area contributed by atoms with Gasteiger partial charge in [-0.1, -0.05) is 0 Å². The van der Waals surface area contributed by atoms with E-state index in [0.717, 1.165) is 30.0 Å². The maximum atomic E-state index is 12.1. The zero-order valence-electron chi connectivity index (χ0n) is 10.7. The van der Waals surface area contributed by atoms with Crippen LogP contribution in [0.15, 0.2) is 18.5 Å². The van der Waals surface area contributed by atoms with Gasteiger partial charge in [0, 0.05) is 30.2 Å². The monoisotopic (exact) mass is 275 g/mol. The van der Waals surface area contributed by atoms with E-state index in [-0.39, 0.29) is 5.91 Å². The molecule has 1 aliphatic rings. The smallest absolute Gasteiger partial charge is 0.261 e. The predicted molar refractivity (Wildman–Crippen MR) is 75.6 cm³/mol. The molecule has 2 aromatic rings. The molecule has 4 nitrogen and oxygen atoms in total. The topological polar surface area (TPSA) is 57.8 Å². The quantitative estimate of drug-likeness (QED) is 0.899. The Bertz CT molecular complexity index is 536. The number of aromatic nitrogens is 2. The first-order chi connectivity index (χ1) is 9.33. The number of hydrogen-bond donors (Lipinski definition) is 2. The Morgan fingerprint density at radius 3 is 3.11 bits per heavy atom. The summed E-state index contributed by atoms with van der Waals surface area (Å²) < 4.78 is 0. The predicted octanol–water partition coefficient (Wildman–Crippen LogP) is 2.32. The Morgan fingerprint density at radius 2 is 2.32 bits per heavy atom. The molecule has 1 amide bonds. The molecule has 0 spiro atoms. The van der Waals surface area contributed by atoms with Crippen molar-refractivity contribution in [3.05, 3.63) is 39.6 Å². The lowest BCUT2D eigenvalue weighted by atomic mass is 9.99. The molecule has 3 rings (SSSR count). The molecule has 0 radical (unpaired) electrons. The number of H-pyrrole nitrogens is 1. The van der Waals surface area contributed by atoms with E-state index in [1.54, 1.807) is 23.7 Å². The summed E-state index contributed by atoms with van der Waals surface area (Å²) in [5, 5.41) is 2.96. The van der Waals surface area contributed by atoms with E-state index in [0.29, 0.717) is 6.54 Å². The van der Waals surface area contributed by atoms with Crippen LogP contribution in [-0.2, 0) is 19.3 Å². The highest BCUT2D eigenvalue weighted by molar-refractivity contribution is 7.14. The van der Waals surface area contributed by atoms with Crippen molar-refractivity contribution in [1.82, 2.24) is 15.3 Å². The first-order valence-electron chi connectivity index (χ1n) is 6.71. The summed E-state index contributed by atoms with van der Waals surface area (Å²) in [5.74, 6) is 0.955. The van der Waals surface area contributed by atoms with E-state index in [2.05, 4.69) is 21.4 Å². The molecule has 0 bridgehead atoms. The summed E-state index contributed by atoms with van der Waals surface area (Å²) in [4.78, 5) is 21.5. The third kappa shape index (κ3) is 2.87. The van der Waals surface area contributed by atoms with Crippen LogP contribution >= 0.6 is 11.3 Å². The largest absolute Gasteiger partial charge is 0.351 e. The second-order valence-electron chi connectivity index (χ2n) is 4.81. The summed E-state index contributed by atoms with van der Waals surface area (Å²) in [6, 6.07) is 2.07. The fourth-order valence-electron chi connectivity index (χ4n) is 2.42. The second-order valence-corrected chi connectivity index (χ2v) is 5.94. The summed E-state index contributed by atoms with van der Waals surface area (Å²) in [5.41, 5.74) is 1.38.